The third-order valence-electron chi connectivity index (χ3n) is 4.29. The molecule has 0 aliphatic carbocycles. The highest BCUT2D eigenvalue weighted by molar-refractivity contribution is 6.32. The molecule has 0 radical (unpaired) electrons. The molecule has 4 rings (SSSR count). The third-order valence-corrected chi connectivity index (χ3v) is 4.70. The molecule has 1 fully saturated rings. The fourth-order valence-corrected chi connectivity index (χ4v) is 3.05. The van der Waals surface area contributed by atoms with Crippen molar-refractivity contribution in [2.24, 2.45) is 0 Å². The van der Waals surface area contributed by atoms with E-state index in [9.17, 15) is 0 Å². The lowest BCUT2D eigenvalue weighted by Gasteiger charge is -2.33. The van der Waals surface area contributed by atoms with Gasteiger partial charge in [-0.2, -0.15) is 0 Å². The summed E-state index contributed by atoms with van der Waals surface area (Å²) in [5.41, 5.74) is 3.67. The quantitative estimate of drug-likeness (QED) is 0.687. The van der Waals surface area contributed by atoms with E-state index in [0.717, 1.165) is 59.3 Å². The van der Waals surface area contributed by atoms with Gasteiger partial charge in [-0.15, -0.1) is 10.2 Å². The standard InChI is InChI=1S/C15H17ClN6/c1-10-7-12-13(8-11(10)16)22-9-17-19-15(22)14(18-12)21-5-3-20(2)4-6-21/h7-9H,3-6H2,1-2H3. The van der Waals surface area contributed by atoms with Gasteiger partial charge in [0.05, 0.1) is 11.0 Å². The summed E-state index contributed by atoms with van der Waals surface area (Å²) in [7, 11) is 2.14. The van der Waals surface area contributed by atoms with Gasteiger partial charge in [0.1, 0.15) is 6.33 Å². The Morgan fingerprint density at radius 3 is 2.68 bits per heavy atom. The predicted octanol–water partition coefficient (Wildman–Crippen LogP) is 1.99. The Hall–Kier alpha value is -1.92. The van der Waals surface area contributed by atoms with Crippen molar-refractivity contribution in [3.05, 3.63) is 29.0 Å². The lowest BCUT2D eigenvalue weighted by Crippen LogP contribution is -2.45. The summed E-state index contributed by atoms with van der Waals surface area (Å²) >= 11 is 6.26. The molecule has 7 heteroatoms. The van der Waals surface area contributed by atoms with E-state index in [0.29, 0.717) is 0 Å². The smallest absolute Gasteiger partial charge is 0.204 e. The van der Waals surface area contributed by atoms with Crippen molar-refractivity contribution in [3.63, 3.8) is 0 Å². The molecule has 6 nitrogen and oxygen atoms in total. The van der Waals surface area contributed by atoms with E-state index in [1.807, 2.05) is 23.5 Å². The van der Waals surface area contributed by atoms with Gasteiger partial charge in [-0.3, -0.25) is 4.40 Å². The maximum Gasteiger partial charge on any atom is 0.204 e. The SMILES string of the molecule is Cc1cc2nc(N3CCN(C)CC3)c3nncn3c2cc1Cl. The molecule has 3 aromatic rings. The Morgan fingerprint density at radius 1 is 1.14 bits per heavy atom. The first-order chi connectivity index (χ1) is 10.6. The van der Waals surface area contributed by atoms with Crippen LogP contribution in [0.2, 0.25) is 5.02 Å². The van der Waals surface area contributed by atoms with Crippen molar-refractivity contribution in [1.29, 1.82) is 0 Å². The zero-order chi connectivity index (χ0) is 15.3. The Kier molecular flexibility index (Phi) is 3.16. The molecule has 3 heterocycles. The predicted molar refractivity (Wildman–Crippen MR) is 87.7 cm³/mol. The summed E-state index contributed by atoms with van der Waals surface area (Å²) in [5, 5.41) is 9.07. The van der Waals surface area contributed by atoms with Gasteiger partial charge in [-0.25, -0.2) is 4.98 Å². The number of aromatic nitrogens is 4. The Morgan fingerprint density at radius 2 is 1.91 bits per heavy atom. The first-order valence-electron chi connectivity index (χ1n) is 7.36. The van der Waals surface area contributed by atoms with Gasteiger partial charge >= 0.3 is 0 Å². The summed E-state index contributed by atoms with van der Waals surface area (Å²) < 4.78 is 1.97. The lowest BCUT2D eigenvalue weighted by atomic mass is 10.2. The van der Waals surface area contributed by atoms with E-state index >= 15 is 0 Å². The van der Waals surface area contributed by atoms with Gasteiger partial charge in [0.25, 0.3) is 0 Å². The van der Waals surface area contributed by atoms with E-state index in [2.05, 4.69) is 27.0 Å². The summed E-state index contributed by atoms with van der Waals surface area (Å²) in [6, 6.07) is 3.96. The van der Waals surface area contributed by atoms with Crippen molar-refractivity contribution >= 4 is 34.1 Å². The largest absolute Gasteiger partial charge is 0.351 e. The Balaban J connectivity index is 1.93. The van der Waals surface area contributed by atoms with Crippen LogP contribution in [0.4, 0.5) is 5.82 Å². The van der Waals surface area contributed by atoms with Crippen molar-refractivity contribution in [1.82, 2.24) is 24.5 Å². The van der Waals surface area contributed by atoms with Gasteiger partial charge in [-0.05, 0) is 31.7 Å². The van der Waals surface area contributed by atoms with Gasteiger partial charge < -0.3 is 9.80 Å². The molecular formula is C15H17ClN6. The molecular weight excluding hydrogens is 300 g/mol. The molecule has 0 N–H and O–H groups in total. The molecule has 1 aliphatic heterocycles. The van der Waals surface area contributed by atoms with Gasteiger partial charge in [0.2, 0.25) is 5.65 Å². The van der Waals surface area contributed by atoms with Gasteiger partial charge in [0.15, 0.2) is 5.82 Å². The highest BCUT2D eigenvalue weighted by Gasteiger charge is 2.20. The number of hydrogen-bond donors (Lipinski definition) is 0. The van der Waals surface area contributed by atoms with E-state index in [1.54, 1.807) is 6.33 Å². The summed E-state index contributed by atoms with van der Waals surface area (Å²) in [6.07, 6.45) is 1.73. The number of halogens is 1. The normalized spacial score (nSPS) is 16.8. The minimum Gasteiger partial charge on any atom is -0.351 e. The minimum absolute atomic E-state index is 0.733. The monoisotopic (exact) mass is 316 g/mol. The molecule has 2 aromatic heterocycles. The van der Waals surface area contributed by atoms with Gasteiger partial charge in [-0.1, -0.05) is 11.6 Å². The van der Waals surface area contributed by atoms with Crippen molar-refractivity contribution < 1.29 is 0 Å². The first-order valence-corrected chi connectivity index (χ1v) is 7.74. The van der Waals surface area contributed by atoms with Crippen LogP contribution in [0.5, 0.6) is 0 Å². The number of likely N-dealkylation sites (N-methyl/N-ethyl adjacent to an activating group) is 1. The molecule has 0 atom stereocenters. The van der Waals surface area contributed by atoms with Crippen LogP contribution >= 0.6 is 11.6 Å². The second-order valence-electron chi connectivity index (χ2n) is 5.84. The Labute approximate surface area is 133 Å². The first kappa shape index (κ1) is 13.7. The van der Waals surface area contributed by atoms with Crippen LogP contribution in [0, 0.1) is 6.92 Å². The second kappa shape index (κ2) is 5.07. The van der Waals surface area contributed by atoms with Crippen LogP contribution in [0.15, 0.2) is 18.5 Å². The van der Waals surface area contributed by atoms with Crippen LogP contribution in [-0.2, 0) is 0 Å². The van der Waals surface area contributed by atoms with Crippen LogP contribution in [-0.4, -0.2) is 57.7 Å². The van der Waals surface area contributed by atoms with Crippen molar-refractivity contribution in [2.45, 2.75) is 6.92 Å². The van der Waals surface area contributed by atoms with Crippen LogP contribution < -0.4 is 4.90 Å². The summed E-state index contributed by atoms with van der Waals surface area (Å²) in [5.74, 6) is 0.903. The van der Waals surface area contributed by atoms with Crippen LogP contribution in [0.3, 0.4) is 0 Å². The fourth-order valence-electron chi connectivity index (χ4n) is 2.90. The van der Waals surface area contributed by atoms with E-state index in [-0.39, 0.29) is 0 Å². The zero-order valence-corrected chi connectivity index (χ0v) is 13.4. The molecule has 0 bridgehead atoms. The molecule has 114 valence electrons. The number of anilines is 1. The van der Waals surface area contributed by atoms with Crippen LogP contribution in [0.1, 0.15) is 5.56 Å². The van der Waals surface area contributed by atoms with Crippen molar-refractivity contribution in [2.75, 3.05) is 38.1 Å². The average Bonchev–Trinajstić information content (AvgIpc) is 2.99. The minimum atomic E-state index is 0.733. The molecule has 1 aromatic carbocycles. The number of fused-ring (bicyclic) bond motifs is 3. The second-order valence-corrected chi connectivity index (χ2v) is 6.25. The third kappa shape index (κ3) is 2.10. The molecule has 1 aliphatic rings. The lowest BCUT2D eigenvalue weighted by molar-refractivity contribution is 0.312. The number of nitrogens with zero attached hydrogens (tertiary/aromatic N) is 6. The summed E-state index contributed by atoms with van der Waals surface area (Å²) in [6.45, 7) is 5.95. The molecule has 0 amide bonds. The number of piperazine rings is 1. The maximum atomic E-state index is 6.26. The highest BCUT2D eigenvalue weighted by Crippen LogP contribution is 2.27. The topological polar surface area (TPSA) is 49.6 Å². The maximum absolute atomic E-state index is 6.26. The molecule has 0 saturated carbocycles. The fraction of sp³-hybridized carbons (Fsp3) is 0.400. The summed E-state index contributed by atoms with van der Waals surface area (Å²) in [4.78, 5) is 9.46. The number of benzene rings is 1. The zero-order valence-electron chi connectivity index (χ0n) is 12.6. The van der Waals surface area contributed by atoms with E-state index < -0.39 is 0 Å². The average molecular weight is 317 g/mol. The molecule has 22 heavy (non-hydrogen) atoms. The number of hydrogen-bond acceptors (Lipinski definition) is 5. The van der Waals surface area contributed by atoms with E-state index in [1.165, 1.54) is 0 Å². The molecule has 1 saturated heterocycles. The number of rotatable bonds is 1. The van der Waals surface area contributed by atoms with Crippen molar-refractivity contribution in [3.8, 4) is 0 Å². The van der Waals surface area contributed by atoms with Gasteiger partial charge in [0, 0.05) is 31.2 Å². The molecule has 0 unspecified atom stereocenters. The van der Waals surface area contributed by atoms with E-state index in [4.69, 9.17) is 16.6 Å². The van der Waals surface area contributed by atoms with Crippen LogP contribution in [0.25, 0.3) is 16.7 Å². The Bertz CT molecular complexity index is 850. The highest BCUT2D eigenvalue weighted by atomic mass is 35.5. The molecule has 0 spiro atoms. The number of aryl methyl sites for hydroxylation is 1.